The summed E-state index contributed by atoms with van der Waals surface area (Å²) in [5.41, 5.74) is -1.51. The van der Waals surface area contributed by atoms with Crippen LogP contribution >= 0.6 is 0 Å². The molecule has 3 rings (SSSR count). The molecule has 7 nitrogen and oxygen atoms in total. The van der Waals surface area contributed by atoms with Crippen LogP contribution in [0.25, 0.3) is 0 Å². The lowest BCUT2D eigenvalue weighted by molar-refractivity contribution is -0.156. The second-order valence-electron chi connectivity index (χ2n) is 7.06. The molecule has 1 fully saturated rings. The van der Waals surface area contributed by atoms with Crippen molar-refractivity contribution in [3.8, 4) is 6.07 Å². The summed E-state index contributed by atoms with van der Waals surface area (Å²) in [5, 5.41) is 8.91. The van der Waals surface area contributed by atoms with Crippen molar-refractivity contribution in [1.82, 2.24) is 9.62 Å². The number of carbonyl (C=O) groups is 2. The van der Waals surface area contributed by atoms with Crippen LogP contribution in [-0.4, -0.2) is 37.2 Å². The number of halogens is 2. The second kappa shape index (κ2) is 7.84. The predicted octanol–water partition coefficient (Wildman–Crippen LogP) is 1.88. The van der Waals surface area contributed by atoms with Crippen molar-refractivity contribution in [3.63, 3.8) is 0 Å². The lowest BCUT2D eigenvalue weighted by atomic mass is 9.85. The van der Waals surface area contributed by atoms with Crippen molar-refractivity contribution in [2.75, 3.05) is 6.54 Å². The average molecular weight is 433 g/mol. The Morgan fingerprint density at radius 1 is 1.23 bits per heavy atom. The molecule has 156 valence electrons. The van der Waals surface area contributed by atoms with Gasteiger partial charge in [0.25, 0.3) is 15.9 Å². The van der Waals surface area contributed by atoms with Crippen LogP contribution in [0.2, 0.25) is 0 Å². The summed E-state index contributed by atoms with van der Waals surface area (Å²) in [4.78, 5) is 26.1. The number of carbonyl (C=O) groups excluding carboxylic acids is 2. The molecule has 0 spiro atoms. The first-order valence-electron chi connectivity index (χ1n) is 8.88. The molecular weight excluding hydrogens is 416 g/mol. The molecule has 10 heteroatoms. The number of rotatable bonds is 5. The molecule has 2 aromatic carbocycles. The number of nitriles is 1. The molecule has 1 N–H and O–H groups in total. The predicted molar refractivity (Wildman–Crippen MR) is 101 cm³/mol. The summed E-state index contributed by atoms with van der Waals surface area (Å²) in [6.45, 7) is 1.57. The quantitative estimate of drug-likeness (QED) is 0.775. The molecule has 0 bridgehead atoms. The van der Waals surface area contributed by atoms with E-state index in [0.717, 1.165) is 29.2 Å². The van der Waals surface area contributed by atoms with E-state index in [1.165, 1.54) is 25.1 Å². The number of sulfonamides is 1. The third-order valence-electron chi connectivity index (χ3n) is 5.06. The number of hydrogen-bond donors (Lipinski definition) is 1. The Morgan fingerprint density at radius 2 is 1.97 bits per heavy atom. The van der Waals surface area contributed by atoms with Gasteiger partial charge in [-0.3, -0.25) is 9.59 Å². The van der Waals surface area contributed by atoms with Crippen molar-refractivity contribution >= 4 is 21.8 Å². The van der Waals surface area contributed by atoms with E-state index in [4.69, 9.17) is 5.26 Å². The third kappa shape index (κ3) is 4.02. The van der Waals surface area contributed by atoms with Crippen molar-refractivity contribution in [2.45, 2.75) is 30.2 Å². The fraction of sp³-hybridized carbons (Fsp3) is 0.250. The van der Waals surface area contributed by atoms with Crippen LogP contribution in [0.1, 0.15) is 24.5 Å². The van der Waals surface area contributed by atoms with E-state index >= 15 is 0 Å². The molecule has 1 aliphatic rings. The zero-order valence-electron chi connectivity index (χ0n) is 15.9. The number of hydrogen-bond acceptors (Lipinski definition) is 5. The zero-order valence-corrected chi connectivity index (χ0v) is 16.7. The molecule has 1 aliphatic heterocycles. The first-order valence-corrected chi connectivity index (χ1v) is 10.4. The van der Waals surface area contributed by atoms with Crippen LogP contribution in [0.4, 0.5) is 8.78 Å². The van der Waals surface area contributed by atoms with E-state index in [1.54, 1.807) is 0 Å². The minimum atomic E-state index is -4.27. The molecule has 0 aromatic heterocycles. The number of benzene rings is 2. The van der Waals surface area contributed by atoms with Crippen LogP contribution in [0.15, 0.2) is 47.4 Å². The maximum absolute atomic E-state index is 13.8. The number of nitrogens with one attached hydrogen (secondary N) is 1. The van der Waals surface area contributed by atoms with Crippen LogP contribution < -0.4 is 4.72 Å². The number of amides is 2. The zero-order chi connectivity index (χ0) is 22.1. The van der Waals surface area contributed by atoms with E-state index < -0.39 is 45.4 Å². The lowest BCUT2D eigenvalue weighted by Gasteiger charge is -2.49. The summed E-state index contributed by atoms with van der Waals surface area (Å²) in [7, 11) is -4.27. The van der Waals surface area contributed by atoms with Crippen molar-refractivity contribution < 1.29 is 26.8 Å². The molecule has 1 unspecified atom stereocenters. The van der Waals surface area contributed by atoms with Crippen molar-refractivity contribution in [1.29, 1.82) is 5.26 Å². The molecule has 0 saturated carbocycles. The fourth-order valence-electron chi connectivity index (χ4n) is 3.16. The first kappa shape index (κ1) is 21.4. The summed E-state index contributed by atoms with van der Waals surface area (Å²) < 4.78 is 54.1. The van der Waals surface area contributed by atoms with Gasteiger partial charge < -0.3 is 4.90 Å². The van der Waals surface area contributed by atoms with Crippen molar-refractivity contribution in [2.24, 2.45) is 0 Å². The summed E-state index contributed by atoms with van der Waals surface area (Å²) >= 11 is 0. The third-order valence-corrected chi connectivity index (χ3v) is 6.39. The lowest BCUT2D eigenvalue weighted by Crippen LogP contribution is -2.68. The Bertz CT molecular complexity index is 1180. The molecule has 1 heterocycles. The SMILES string of the molecule is CC1(C(=O)NS(=O)(=O)c2cccc(C#N)c2)CCN1C(=O)Cc1cc(F)ccc1F. The van der Waals surface area contributed by atoms with Gasteiger partial charge in [0.15, 0.2) is 0 Å². The average Bonchev–Trinajstić information content (AvgIpc) is 2.68. The summed E-state index contributed by atoms with van der Waals surface area (Å²) in [5.74, 6) is -3.01. The Morgan fingerprint density at radius 3 is 2.60 bits per heavy atom. The van der Waals surface area contributed by atoms with Gasteiger partial charge in [-0.25, -0.2) is 21.9 Å². The molecular formula is C20H17F2N3O4S. The van der Waals surface area contributed by atoms with Crippen LogP contribution in [-0.2, 0) is 26.0 Å². The van der Waals surface area contributed by atoms with Gasteiger partial charge >= 0.3 is 0 Å². The van der Waals surface area contributed by atoms with Gasteiger partial charge in [-0.15, -0.1) is 0 Å². The molecule has 1 atom stereocenters. The Labute approximate surface area is 172 Å². The number of likely N-dealkylation sites (tertiary alicyclic amines) is 1. The first-order chi connectivity index (χ1) is 14.1. The maximum Gasteiger partial charge on any atom is 0.264 e. The van der Waals surface area contributed by atoms with Gasteiger partial charge in [0.05, 0.1) is 22.9 Å². The minimum Gasteiger partial charge on any atom is -0.328 e. The molecule has 30 heavy (non-hydrogen) atoms. The molecule has 0 aliphatic carbocycles. The Hall–Kier alpha value is -3.32. The topological polar surface area (TPSA) is 107 Å². The normalized spacial score (nSPS) is 18.3. The van der Waals surface area contributed by atoms with Crippen LogP contribution in [0, 0.1) is 23.0 Å². The maximum atomic E-state index is 13.8. The Balaban J connectivity index is 1.76. The fourth-order valence-corrected chi connectivity index (χ4v) is 4.28. The van der Waals surface area contributed by atoms with Gasteiger partial charge in [0, 0.05) is 12.1 Å². The second-order valence-corrected chi connectivity index (χ2v) is 8.74. The number of nitrogens with zero attached hydrogens (tertiary/aromatic N) is 2. The largest absolute Gasteiger partial charge is 0.328 e. The van der Waals surface area contributed by atoms with Gasteiger partial charge in [-0.1, -0.05) is 6.07 Å². The van der Waals surface area contributed by atoms with Gasteiger partial charge in [0.1, 0.15) is 17.2 Å². The monoisotopic (exact) mass is 433 g/mol. The highest BCUT2D eigenvalue weighted by Crippen LogP contribution is 2.32. The minimum absolute atomic E-state index is 0.106. The van der Waals surface area contributed by atoms with Crippen LogP contribution in [0.5, 0.6) is 0 Å². The molecule has 1 saturated heterocycles. The summed E-state index contributed by atoms with van der Waals surface area (Å²) in [6, 6.07) is 9.68. The van der Waals surface area contributed by atoms with E-state index in [2.05, 4.69) is 0 Å². The van der Waals surface area contributed by atoms with E-state index in [1.807, 2.05) is 10.8 Å². The highest BCUT2D eigenvalue weighted by Gasteiger charge is 2.50. The van der Waals surface area contributed by atoms with Gasteiger partial charge in [0.2, 0.25) is 5.91 Å². The summed E-state index contributed by atoms with van der Waals surface area (Å²) in [6.07, 6.45) is -0.270. The molecule has 2 amide bonds. The smallest absolute Gasteiger partial charge is 0.264 e. The standard InChI is InChI=1S/C20H17F2N3O4S/c1-20(19(27)24-30(28,29)16-4-2-3-13(9-16)12-23)7-8-25(20)18(26)11-14-10-15(21)5-6-17(14)22/h2-6,9-10H,7-8,11H2,1H3,(H,24,27). The van der Waals surface area contributed by atoms with E-state index in [9.17, 15) is 26.8 Å². The van der Waals surface area contributed by atoms with E-state index in [0.29, 0.717) is 0 Å². The van der Waals surface area contributed by atoms with Gasteiger partial charge in [-0.05, 0) is 49.7 Å². The van der Waals surface area contributed by atoms with Crippen LogP contribution in [0.3, 0.4) is 0 Å². The molecule has 0 radical (unpaired) electrons. The van der Waals surface area contributed by atoms with Crippen molar-refractivity contribution in [3.05, 3.63) is 65.2 Å². The Kier molecular flexibility index (Phi) is 5.59. The van der Waals surface area contributed by atoms with E-state index in [-0.39, 0.29) is 29.0 Å². The van der Waals surface area contributed by atoms with Gasteiger partial charge in [-0.2, -0.15) is 5.26 Å². The molecule has 2 aromatic rings. The highest BCUT2D eigenvalue weighted by molar-refractivity contribution is 7.90. The highest BCUT2D eigenvalue weighted by atomic mass is 32.2.